The molecule has 0 bridgehead atoms. The normalized spacial score (nSPS) is 15.3. The lowest BCUT2D eigenvalue weighted by Crippen LogP contribution is -2.27. The summed E-state index contributed by atoms with van der Waals surface area (Å²) in [6, 6.07) is 8.36. The van der Waals surface area contributed by atoms with E-state index in [1.165, 1.54) is 31.2 Å². The fraction of sp³-hybridized carbons (Fsp3) is 0.526. The Morgan fingerprint density at radius 3 is 2.58 bits per heavy atom. The summed E-state index contributed by atoms with van der Waals surface area (Å²) in [4.78, 5) is 6.57. The van der Waals surface area contributed by atoms with E-state index >= 15 is 0 Å². The zero-order valence-electron chi connectivity index (χ0n) is 14.4. The average molecular weight is 329 g/mol. The number of rotatable bonds is 8. The molecule has 0 spiro atoms. The minimum atomic E-state index is 0.146. The van der Waals surface area contributed by atoms with E-state index in [9.17, 15) is 5.11 Å². The molecule has 1 fully saturated rings. The quantitative estimate of drug-likeness (QED) is 0.809. The molecule has 1 aromatic carbocycles. The topological polar surface area (TPSA) is 50.5 Å². The van der Waals surface area contributed by atoms with Crippen LogP contribution < -0.4 is 4.74 Å². The van der Waals surface area contributed by atoms with Gasteiger partial charge in [0.15, 0.2) is 0 Å². The van der Waals surface area contributed by atoms with Gasteiger partial charge in [0, 0.05) is 32.5 Å². The third-order valence-electron chi connectivity index (χ3n) is 4.64. The molecule has 5 heteroatoms. The molecule has 0 radical (unpaired) electrons. The molecular weight excluding hydrogens is 302 g/mol. The van der Waals surface area contributed by atoms with Crippen molar-refractivity contribution in [3.05, 3.63) is 48.0 Å². The van der Waals surface area contributed by atoms with Gasteiger partial charge in [-0.2, -0.15) is 0 Å². The predicted octanol–water partition coefficient (Wildman–Crippen LogP) is 2.74. The van der Waals surface area contributed by atoms with Crippen molar-refractivity contribution in [2.75, 3.05) is 13.2 Å². The summed E-state index contributed by atoms with van der Waals surface area (Å²) in [6.45, 7) is 2.29. The van der Waals surface area contributed by atoms with E-state index in [1.807, 2.05) is 24.0 Å². The molecule has 1 heterocycles. The fourth-order valence-corrected chi connectivity index (χ4v) is 3.23. The van der Waals surface area contributed by atoms with Gasteiger partial charge >= 0.3 is 0 Å². The first-order chi connectivity index (χ1) is 11.7. The van der Waals surface area contributed by atoms with Gasteiger partial charge in [0.25, 0.3) is 0 Å². The number of imidazole rings is 1. The third-order valence-corrected chi connectivity index (χ3v) is 4.64. The zero-order chi connectivity index (χ0) is 16.8. The van der Waals surface area contributed by atoms with Crippen LogP contribution in [0.5, 0.6) is 5.75 Å². The lowest BCUT2D eigenvalue weighted by molar-refractivity contribution is 0.180. The summed E-state index contributed by atoms with van der Waals surface area (Å²) < 4.78 is 8.03. The molecule has 0 aliphatic heterocycles. The molecule has 0 atom stereocenters. The van der Waals surface area contributed by atoms with Crippen molar-refractivity contribution in [1.29, 1.82) is 0 Å². The summed E-state index contributed by atoms with van der Waals surface area (Å²) in [7, 11) is 1.99. The minimum Gasteiger partial charge on any atom is -0.490 e. The molecule has 0 unspecified atom stereocenters. The summed E-state index contributed by atoms with van der Waals surface area (Å²) in [5.41, 5.74) is 1.22. The van der Waals surface area contributed by atoms with Crippen molar-refractivity contribution < 1.29 is 9.84 Å². The van der Waals surface area contributed by atoms with Crippen LogP contribution in [0.15, 0.2) is 36.7 Å². The Morgan fingerprint density at radius 1 is 1.21 bits per heavy atom. The number of hydrogen-bond acceptors (Lipinski definition) is 4. The number of ether oxygens (including phenoxy) is 1. The Kier molecular flexibility index (Phi) is 5.88. The van der Waals surface area contributed by atoms with Crippen LogP contribution in [0.2, 0.25) is 0 Å². The van der Waals surface area contributed by atoms with Crippen LogP contribution in [0.25, 0.3) is 0 Å². The molecule has 24 heavy (non-hydrogen) atoms. The van der Waals surface area contributed by atoms with E-state index in [-0.39, 0.29) is 6.61 Å². The molecule has 1 aliphatic carbocycles. The monoisotopic (exact) mass is 329 g/mol. The average Bonchev–Trinajstić information content (AvgIpc) is 3.22. The second-order valence-corrected chi connectivity index (χ2v) is 6.56. The van der Waals surface area contributed by atoms with Crippen LogP contribution >= 0.6 is 0 Å². The Labute approximate surface area is 143 Å². The standard InChI is InChI=1S/C19H27N3O2/c1-21-11-10-20-19(21)15-22(12-13-23)14-16-6-8-18(9-7-16)24-17-4-2-3-5-17/h6-11,17,23H,2-5,12-15H2,1H3. The van der Waals surface area contributed by atoms with Gasteiger partial charge in [-0.05, 0) is 43.4 Å². The molecule has 130 valence electrons. The van der Waals surface area contributed by atoms with E-state index in [1.54, 1.807) is 0 Å². The number of aliphatic hydroxyl groups excluding tert-OH is 1. The molecule has 1 saturated carbocycles. The van der Waals surface area contributed by atoms with Crippen LogP contribution in [0.3, 0.4) is 0 Å². The van der Waals surface area contributed by atoms with Crippen molar-refractivity contribution >= 4 is 0 Å². The predicted molar refractivity (Wildman–Crippen MR) is 93.7 cm³/mol. The fourth-order valence-electron chi connectivity index (χ4n) is 3.23. The van der Waals surface area contributed by atoms with E-state index in [4.69, 9.17) is 4.74 Å². The first-order valence-electron chi connectivity index (χ1n) is 8.79. The molecule has 5 nitrogen and oxygen atoms in total. The van der Waals surface area contributed by atoms with Gasteiger partial charge in [-0.15, -0.1) is 0 Å². The van der Waals surface area contributed by atoms with E-state index in [0.717, 1.165) is 24.7 Å². The lowest BCUT2D eigenvalue weighted by atomic mass is 10.2. The number of nitrogens with zero attached hydrogens (tertiary/aromatic N) is 3. The smallest absolute Gasteiger partial charge is 0.122 e. The van der Waals surface area contributed by atoms with E-state index in [2.05, 4.69) is 34.1 Å². The second kappa shape index (κ2) is 8.31. The number of aromatic nitrogens is 2. The van der Waals surface area contributed by atoms with Gasteiger partial charge in [-0.25, -0.2) is 4.98 Å². The summed E-state index contributed by atoms with van der Waals surface area (Å²) in [5.74, 6) is 1.97. The van der Waals surface area contributed by atoms with Gasteiger partial charge in [0.1, 0.15) is 11.6 Å². The van der Waals surface area contributed by atoms with Crippen molar-refractivity contribution in [3.63, 3.8) is 0 Å². The van der Waals surface area contributed by atoms with E-state index in [0.29, 0.717) is 12.6 Å². The molecule has 0 saturated heterocycles. The highest BCUT2D eigenvalue weighted by Gasteiger charge is 2.16. The van der Waals surface area contributed by atoms with Crippen LogP contribution in [0, 0.1) is 0 Å². The lowest BCUT2D eigenvalue weighted by Gasteiger charge is -2.21. The van der Waals surface area contributed by atoms with Crippen molar-refractivity contribution in [1.82, 2.24) is 14.5 Å². The first-order valence-corrected chi connectivity index (χ1v) is 8.79. The number of hydrogen-bond donors (Lipinski definition) is 1. The van der Waals surface area contributed by atoms with Gasteiger partial charge < -0.3 is 14.4 Å². The van der Waals surface area contributed by atoms with Crippen LogP contribution in [-0.2, 0) is 20.1 Å². The van der Waals surface area contributed by atoms with Crippen molar-refractivity contribution in [2.24, 2.45) is 7.05 Å². The van der Waals surface area contributed by atoms with Gasteiger partial charge in [0.05, 0.1) is 19.3 Å². The highest BCUT2D eigenvalue weighted by Crippen LogP contribution is 2.24. The minimum absolute atomic E-state index is 0.146. The number of aryl methyl sites for hydroxylation is 1. The van der Waals surface area contributed by atoms with Crippen LogP contribution in [-0.4, -0.2) is 38.8 Å². The first kappa shape index (κ1) is 17.0. The van der Waals surface area contributed by atoms with Gasteiger partial charge in [0.2, 0.25) is 0 Å². The maximum atomic E-state index is 9.33. The Bertz CT molecular complexity index is 618. The Balaban J connectivity index is 1.58. The summed E-state index contributed by atoms with van der Waals surface area (Å²) in [6.07, 6.45) is 9.07. The zero-order valence-corrected chi connectivity index (χ0v) is 14.4. The van der Waals surface area contributed by atoms with Gasteiger partial charge in [-0.3, -0.25) is 4.90 Å². The largest absolute Gasteiger partial charge is 0.490 e. The van der Waals surface area contributed by atoms with Crippen LogP contribution in [0.4, 0.5) is 0 Å². The van der Waals surface area contributed by atoms with Crippen molar-refractivity contribution in [3.8, 4) is 5.75 Å². The highest BCUT2D eigenvalue weighted by molar-refractivity contribution is 5.27. The van der Waals surface area contributed by atoms with Gasteiger partial charge in [-0.1, -0.05) is 12.1 Å². The Hall–Kier alpha value is -1.85. The molecular formula is C19H27N3O2. The Morgan fingerprint density at radius 2 is 1.96 bits per heavy atom. The maximum Gasteiger partial charge on any atom is 0.122 e. The second-order valence-electron chi connectivity index (χ2n) is 6.56. The summed E-state index contributed by atoms with van der Waals surface area (Å²) >= 11 is 0. The molecule has 1 N–H and O–H groups in total. The third kappa shape index (κ3) is 4.58. The van der Waals surface area contributed by atoms with Crippen LogP contribution in [0.1, 0.15) is 37.1 Å². The number of aliphatic hydroxyl groups is 1. The number of benzene rings is 1. The van der Waals surface area contributed by atoms with E-state index < -0.39 is 0 Å². The molecule has 3 rings (SSSR count). The molecule has 1 aromatic heterocycles. The molecule has 1 aliphatic rings. The van der Waals surface area contributed by atoms with Crippen molar-refractivity contribution in [2.45, 2.75) is 44.9 Å². The maximum absolute atomic E-state index is 9.33. The molecule has 0 amide bonds. The summed E-state index contributed by atoms with van der Waals surface area (Å²) in [5, 5.41) is 9.33. The molecule has 2 aromatic rings. The SMILES string of the molecule is Cn1ccnc1CN(CCO)Cc1ccc(OC2CCCC2)cc1. The highest BCUT2D eigenvalue weighted by atomic mass is 16.5.